The van der Waals surface area contributed by atoms with Crippen LogP contribution in [-0.2, 0) is 32.5 Å². The van der Waals surface area contributed by atoms with Gasteiger partial charge in [-0.25, -0.2) is 0 Å². The van der Waals surface area contributed by atoms with Crippen LogP contribution in [0.1, 0.15) is 161 Å². The number of hydrogen-bond donors (Lipinski definition) is 1. The predicted octanol–water partition coefficient (Wildman–Crippen LogP) is 17.9. The molecule has 4 aliphatic rings. The minimum atomic E-state index is 0.0110. The summed E-state index contributed by atoms with van der Waals surface area (Å²) in [5.41, 5.74) is 23.6. The van der Waals surface area contributed by atoms with Gasteiger partial charge in [0.05, 0.1) is 5.69 Å². The van der Waals surface area contributed by atoms with E-state index in [1.807, 2.05) is 11.3 Å². The first-order valence-electron chi connectivity index (χ1n) is 27.0. The molecule has 3 aliphatic carbocycles. The smallest absolute Gasteiger partial charge is 0.198 e. The number of nitrogens with one attached hydrogen (secondary N) is 1. The molecule has 0 atom stereocenters. The SMILES string of the molecule is Cc1cc2c(cc1N1c3cc4sc5ccccc5c4cc3Bc3c(-c4cc5c(cc4Nc4ccc6c(c4)C(C)(C)CCC6(C)C)C(C)(C)CCC5(C)C)cc4c(oc5ccccc54)c31)C(C)(C)CCC2(C)C. The van der Waals surface area contributed by atoms with E-state index in [1.165, 1.54) is 123 Å². The van der Waals surface area contributed by atoms with Gasteiger partial charge in [0.15, 0.2) is 12.9 Å². The van der Waals surface area contributed by atoms with Gasteiger partial charge < -0.3 is 14.6 Å². The number of anilines is 5. The summed E-state index contributed by atoms with van der Waals surface area (Å²) in [6.07, 6.45) is 7.02. The van der Waals surface area contributed by atoms with Crippen LogP contribution in [0, 0.1) is 6.92 Å². The molecule has 7 aromatic carbocycles. The third-order valence-electron chi connectivity index (χ3n) is 19.0. The zero-order valence-electron chi connectivity index (χ0n) is 45.1. The Morgan fingerprint density at radius 1 is 0.486 bits per heavy atom. The second-order valence-electron chi connectivity index (χ2n) is 26.6. The highest BCUT2D eigenvalue weighted by atomic mass is 32.1. The summed E-state index contributed by atoms with van der Waals surface area (Å²) in [6.45, 7) is 31.8. The van der Waals surface area contributed by atoms with Gasteiger partial charge in [-0.2, -0.15) is 0 Å². The number of fused-ring (bicyclic) bond motifs is 12. The Hall–Kier alpha value is -5.78. The molecule has 2 aromatic heterocycles. The van der Waals surface area contributed by atoms with E-state index < -0.39 is 0 Å². The van der Waals surface area contributed by atoms with Gasteiger partial charge in [0.2, 0.25) is 0 Å². The van der Waals surface area contributed by atoms with Crippen molar-refractivity contribution in [3.05, 3.63) is 148 Å². The minimum absolute atomic E-state index is 0.0110. The fraction of sp³-hybridized carbons (Fsp3) is 0.373. The molecule has 13 rings (SSSR count). The van der Waals surface area contributed by atoms with Gasteiger partial charge >= 0.3 is 0 Å². The lowest BCUT2D eigenvalue weighted by atomic mass is 9.57. The second-order valence-corrected chi connectivity index (χ2v) is 27.7. The molecule has 0 unspecified atom stereocenters. The van der Waals surface area contributed by atoms with Crippen LogP contribution >= 0.6 is 11.3 Å². The fourth-order valence-corrected chi connectivity index (χ4v) is 15.1. The van der Waals surface area contributed by atoms with Crippen molar-refractivity contribution < 1.29 is 4.42 Å². The molecule has 1 N–H and O–H groups in total. The molecule has 0 spiro atoms. The van der Waals surface area contributed by atoms with Crippen molar-refractivity contribution in [2.75, 3.05) is 10.2 Å². The lowest BCUT2D eigenvalue weighted by molar-refractivity contribution is 0.332. The molecule has 364 valence electrons. The van der Waals surface area contributed by atoms with E-state index in [1.54, 1.807) is 0 Å². The van der Waals surface area contributed by atoms with E-state index in [4.69, 9.17) is 4.42 Å². The number of benzene rings is 7. The highest BCUT2D eigenvalue weighted by molar-refractivity contribution is 7.25. The van der Waals surface area contributed by atoms with Crippen molar-refractivity contribution in [2.24, 2.45) is 0 Å². The summed E-state index contributed by atoms with van der Waals surface area (Å²) in [5.74, 6) is 0. The zero-order valence-corrected chi connectivity index (χ0v) is 45.9. The molecule has 9 aromatic rings. The number of furan rings is 1. The highest BCUT2D eigenvalue weighted by Gasteiger charge is 2.42. The first kappa shape index (κ1) is 46.0. The van der Waals surface area contributed by atoms with Crippen molar-refractivity contribution >= 4 is 100 Å². The van der Waals surface area contributed by atoms with Crippen LogP contribution in [0.25, 0.3) is 53.2 Å². The summed E-state index contributed by atoms with van der Waals surface area (Å²) in [6, 6.07) is 42.9. The molecule has 3 nitrogen and oxygen atoms in total. The molecule has 0 saturated heterocycles. The number of rotatable bonds is 4. The topological polar surface area (TPSA) is 28.4 Å². The molecule has 5 heteroatoms. The monoisotopic (exact) mass is 963 g/mol. The Balaban J connectivity index is 1.14. The highest BCUT2D eigenvalue weighted by Crippen LogP contribution is 2.55. The summed E-state index contributed by atoms with van der Waals surface area (Å²) in [4.78, 5) is 2.66. The third kappa shape index (κ3) is 6.81. The van der Waals surface area contributed by atoms with Crippen LogP contribution in [0.15, 0.2) is 114 Å². The molecular weight excluding hydrogens is 892 g/mol. The summed E-state index contributed by atoms with van der Waals surface area (Å²) in [7, 11) is 0.777. The molecule has 3 heterocycles. The van der Waals surface area contributed by atoms with Gasteiger partial charge in [-0.15, -0.1) is 11.3 Å². The fourth-order valence-electron chi connectivity index (χ4n) is 14.0. The van der Waals surface area contributed by atoms with Gasteiger partial charge in [-0.1, -0.05) is 143 Å². The molecular formula is C67H71BN2OS. The maximum absolute atomic E-state index is 7.28. The maximum Gasteiger partial charge on any atom is 0.198 e. The normalized spacial score (nSPS) is 19.6. The van der Waals surface area contributed by atoms with Crippen molar-refractivity contribution in [3.8, 4) is 11.1 Å². The van der Waals surface area contributed by atoms with Crippen molar-refractivity contribution in [1.82, 2.24) is 0 Å². The van der Waals surface area contributed by atoms with Crippen LogP contribution in [-0.4, -0.2) is 7.28 Å². The average molecular weight is 963 g/mol. The Morgan fingerprint density at radius 3 is 1.74 bits per heavy atom. The second kappa shape index (κ2) is 15.2. The summed E-state index contributed by atoms with van der Waals surface area (Å²) in [5, 5.41) is 9.20. The van der Waals surface area contributed by atoms with Crippen molar-refractivity contribution in [3.63, 3.8) is 0 Å². The Labute approximate surface area is 432 Å². The summed E-state index contributed by atoms with van der Waals surface area (Å²) < 4.78 is 9.93. The molecule has 0 amide bonds. The standard InChI is InChI=1S/C67H71BN2OS/c1-38-30-47-51(67(12,13)29-26-63(47,4)5)36-54(38)70-55-37-58-43(41-19-15-17-21-57(41)72-58)34-52(55)68-59-44(32-45-40-18-14-16-20-56(40)71-61(45)60(59)70)42-33-49-50(66(10,11)28-27-65(49,8)9)35-53(42)69-39-22-23-46-48(31-39)64(6,7)25-24-62(46,2)3/h14-23,30-37,68-69H,24-29H2,1-13H3. The number of nitrogens with zero attached hydrogens (tertiary/aromatic N) is 1. The third-order valence-corrected chi connectivity index (χ3v) is 20.1. The Morgan fingerprint density at radius 2 is 1.06 bits per heavy atom. The van der Waals surface area contributed by atoms with E-state index in [-0.39, 0.29) is 32.5 Å². The number of hydrogen-bond acceptors (Lipinski definition) is 4. The molecule has 0 fully saturated rings. The van der Waals surface area contributed by atoms with Gasteiger partial charge in [0.1, 0.15) is 5.58 Å². The van der Waals surface area contributed by atoms with Gasteiger partial charge in [-0.05, 0) is 188 Å². The van der Waals surface area contributed by atoms with Gasteiger partial charge in [-0.3, -0.25) is 0 Å². The first-order chi connectivity index (χ1) is 34.0. The van der Waals surface area contributed by atoms with E-state index in [9.17, 15) is 0 Å². The zero-order chi connectivity index (χ0) is 50.2. The van der Waals surface area contributed by atoms with Crippen LogP contribution in [0.5, 0.6) is 0 Å². The van der Waals surface area contributed by atoms with E-state index in [0.29, 0.717) is 0 Å². The molecule has 0 saturated carbocycles. The lowest BCUT2D eigenvalue weighted by Crippen LogP contribution is -2.41. The Kier molecular flexibility index (Phi) is 9.69. The number of aryl methyl sites for hydroxylation is 1. The summed E-state index contributed by atoms with van der Waals surface area (Å²) >= 11 is 1.91. The van der Waals surface area contributed by atoms with Crippen molar-refractivity contribution in [2.45, 2.75) is 161 Å². The van der Waals surface area contributed by atoms with Crippen LogP contribution in [0.4, 0.5) is 28.4 Å². The van der Waals surface area contributed by atoms with E-state index >= 15 is 0 Å². The predicted molar refractivity (Wildman–Crippen MR) is 313 cm³/mol. The van der Waals surface area contributed by atoms with Crippen molar-refractivity contribution in [1.29, 1.82) is 0 Å². The van der Waals surface area contributed by atoms with Crippen LogP contribution in [0.2, 0.25) is 0 Å². The largest absolute Gasteiger partial charge is 0.454 e. The quantitative estimate of drug-likeness (QED) is 0.178. The van der Waals surface area contributed by atoms with E-state index in [0.717, 1.165) is 54.2 Å². The first-order valence-corrected chi connectivity index (χ1v) is 27.8. The maximum atomic E-state index is 7.28. The number of thiophene rings is 1. The minimum Gasteiger partial charge on any atom is -0.454 e. The lowest BCUT2D eigenvalue weighted by Gasteiger charge is -2.44. The molecule has 1 aliphatic heterocycles. The molecule has 0 bridgehead atoms. The molecule has 72 heavy (non-hydrogen) atoms. The molecule has 0 radical (unpaired) electrons. The van der Waals surface area contributed by atoms with E-state index in [2.05, 4.69) is 209 Å². The average Bonchev–Trinajstić information content (AvgIpc) is 3.89. The van der Waals surface area contributed by atoms with Crippen LogP contribution in [0.3, 0.4) is 0 Å². The van der Waals surface area contributed by atoms with Gasteiger partial charge in [0.25, 0.3) is 0 Å². The van der Waals surface area contributed by atoms with Crippen LogP contribution < -0.4 is 21.1 Å². The van der Waals surface area contributed by atoms with Gasteiger partial charge in [0, 0.05) is 53.9 Å². The Bertz CT molecular complexity index is 3800. The number of para-hydroxylation sites is 1.